The summed E-state index contributed by atoms with van der Waals surface area (Å²) < 4.78 is 10.7. The number of ether oxygens (including phenoxy) is 1. The summed E-state index contributed by atoms with van der Waals surface area (Å²) in [7, 11) is 0. The minimum atomic E-state index is -0.0923. The Labute approximate surface area is 121 Å². The molecule has 0 radical (unpaired) electrons. The summed E-state index contributed by atoms with van der Waals surface area (Å²) in [6.45, 7) is 2.95. The molecule has 1 saturated heterocycles. The van der Waals surface area contributed by atoms with Crippen LogP contribution in [0.5, 0.6) is 6.01 Å². The fourth-order valence-electron chi connectivity index (χ4n) is 2.39. The zero-order valence-electron chi connectivity index (χ0n) is 11.7. The molecule has 7 heteroatoms. The molecule has 7 nitrogen and oxygen atoms in total. The first-order chi connectivity index (χ1) is 10.2. The van der Waals surface area contributed by atoms with Gasteiger partial charge in [-0.2, -0.15) is 0 Å². The number of carbonyl (C=O) groups is 1. The van der Waals surface area contributed by atoms with Gasteiger partial charge in [-0.05, 0) is 25.8 Å². The van der Waals surface area contributed by atoms with Crippen LogP contribution in [0, 0.1) is 6.92 Å². The second-order valence-electron chi connectivity index (χ2n) is 4.96. The fraction of sp³-hybridized carbons (Fsp3) is 0.429. The third-order valence-electron chi connectivity index (χ3n) is 3.46. The Morgan fingerprint density at radius 3 is 2.95 bits per heavy atom. The molecule has 3 heterocycles. The van der Waals surface area contributed by atoms with E-state index in [9.17, 15) is 4.79 Å². The van der Waals surface area contributed by atoms with Crippen LogP contribution in [-0.2, 0) is 0 Å². The fourth-order valence-corrected chi connectivity index (χ4v) is 2.39. The van der Waals surface area contributed by atoms with E-state index in [0.717, 1.165) is 12.8 Å². The summed E-state index contributed by atoms with van der Waals surface area (Å²) in [5.41, 5.74) is 0.506. The van der Waals surface area contributed by atoms with Crippen LogP contribution in [0.3, 0.4) is 0 Å². The van der Waals surface area contributed by atoms with Crippen LogP contribution in [0.15, 0.2) is 29.2 Å². The van der Waals surface area contributed by atoms with Crippen molar-refractivity contribution in [3.63, 3.8) is 0 Å². The first-order valence-corrected chi connectivity index (χ1v) is 6.88. The van der Waals surface area contributed by atoms with Gasteiger partial charge in [0, 0.05) is 18.9 Å². The molecule has 0 bridgehead atoms. The number of nitrogens with zero attached hydrogens (tertiary/aromatic N) is 4. The van der Waals surface area contributed by atoms with Crippen LogP contribution in [0.1, 0.15) is 29.0 Å². The predicted molar refractivity (Wildman–Crippen MR) is 72.8 cm³/mol. The summed E-state index contributed by atoms with van der Waals surface area (Å²) in [4.78, 5) is 22.3. The Balaban J connectivity index is 1.66. The normalized spacial score (nSPS) is 18.5. The zero-order valence-corrected chi connectivity index (χ0v) is 11.7. The SMILES string of the molecule is Cc1oncc1C(=O)N1CCC[C@H](Oc2ncccn2)C1. The van der Waals surface area contributed by atoms with Crippen molar-refractivity contribution in [1.29, 1.82) is 0 Å². The molecular formula is C14H16N4O3. The first-order valence-electron chi connectivity index (χ1n) is 6.88. The summed E-state index contributed by atoms with van der Waals surface area (Å²) in [5, 5.41) is 3.65. The number of piperidine rings is 1. The maximum atomic E-state index is 12.4. The lowest BCUT2D eigenvalue weighted by molar-refractivity contribution is 0.0514. The number of amides is 1. The van der Waals surface area contributed by atoms with Crippen molar-refractivity contribution in [3.8, 4) is 6.01 Å². The molecule has 0 aliphatic carbocycles. The molecule has 0 saturated carbocycles. The van der Waals surface area contributed by atoms with Gasteiger partial charge in [-0.25, -0.2) is 9.97 Å². The van der Waals surface area contributed by atoms with E-state index in [1.165, 1.54) is 6.20 Å². The van der Waals surface area contributed by atoms with Gasteiger partial charge in [0.05, 0.1) is 12.7 Å². The molecule has 2 aromatic heterocycles. The molecule has 0 spiro atoms. The van der Waals surface area contributed by atoms with E-state index in [1.54, 1.807) is 30.3 Å². The van der Waals surface area contributed by atoms with Crippen molar-refractivity contribution < 1.29 is 14.1 Å². The molecule has 0 unspecified atom stereocenters. The average Bonchev–Trinajstić information content (AvgIpc) is 2.94. The monoisotopic (exact) mass is 288 g/mol. The smallest absolute Gasteiger partial charge is 0.316 e. The summed E-state index contributed by atoms with van der Waals surface area (Å²) >= 11 is 0. The van der Waals surface area contributed by atoms with Crippen LogP contribution in [-0.4, -0.2) is 45.1 Å². The van der Waals surface area contributed by atoms with Crippen molar-refractivity contribution in [2.24, 2.45) is 0 Å². The third-order valence-corrected chi connectivity index (χ3v) is 3.46. The number of aryl methyl sites for hydroxylation is 1. The highest BCUT2D eigenvalue weighted by Gasteiger charge is 2.28. The number of hydrogen-bond donors (Lipinski definition) is 0. The Morgan fingerprint density at radius 1 is 1.43 bits per heavy atom. The largest absolute Gasteiger partial charge is 0.458 e. The second kappa shape index (κ2) is 5.90. The lowest BCUT2D eigenvalue weighted by atomic mass is 10.1. The first kappa shape index (κ1) is 13.5. The van der Waals surface area contributed by atoms with Gasteiger partial charge < -0.3 is 14.2 Å². The molecule has 3 rings (SSSR count). The predicted octanol–water partition coefficient (Wildman–Crippen LogP) is 1.46. The molecular weight excluding hydrogens is 272 g/mol. The van der Waals surface area contributed by atoms with Crippen LogP contribution in [0.2, 0.25) is 0 Å². The van der Waals surface area contributed by atoms with Gasteiger partial charge in [0.25, 0.3) is 5.91 Å². The number of rotatable bonds is 3. The number of likely N-dealkylation sites (tertiary alicyclic amines) is 1. The minimum absolute atomic E-state index is 0.0731. The molecule has 1 aliphatic rings. The van der Waals surface area contributed by atoms with E-state index in [4.69, 9.17) is 9.26 Å². The highest BCUT2D eigenvalue weighted by Crippen LogP contribution is 2.18. The van der Waals surface area contributed by atoms with Gasteiger partial charge in [-0.3, -0.25) is 4.79 Å². The second-order valence-corrected chi connectivity index (χ2v) is 4.96. The molecule has 1 amide bonds. The maximum Gasteiger partial charge on any atom is 0.316 e. The summed E-state index contributed by atoms with van der Waals surface area (Å²) in [5.74, 6) is 0.463. The van der Waals surface area contributed by atoms with E-state index < -0.39 is 0 Å². The van der Waals surface area contributed by atoms with E-state index in [2.05, 4.69) is 15.1 Å². The van der Waals surface area contributed by atoms with Crippen LogP contribution < -0.4 is 4.74 Å². The lowest BCUT2D eigenvalue weighted by Crippen LogP contribution is -2.44. The van der Waals surface area contributed by atoms with Crippen molar-refractivity contribution in [2.75, 3.05) is 13.1 Å². The van der Waals surface area contributed by atoms with Gasteiger partial charge in [0.2, 0.25) is 0 Å². The topological polar surface area (TPSA) is 81.4 Å². The van der Waals surface area contributed by atoms with Gasteiger partial charge in [0.15, 0.2) is 0 Å². The number of carbonyl (C=O) groups excluding carboxylic acids is 1. The average molecular weight is 288 g/mol. The van der Waals surface area contributed by atoms with Gasteiger partial charge >= 0.3 is 6.01 Å². The third kappa shape index (κ3) is 3.01. The Morgan fingerprint density at radius 2 is 2.24 bits per heavy atom. The molecule has 21 heavy (non-hydrogen) atoms. The number of aromatic nitrogens is 3. The van der Waals surface area contributed by atoms with Crippen LogP contribution in [0.4, 0.5) is 0 Å². The Kier molecular flexibility index (Phi) is 3.81. The minimum Gasteiger partial charge on any atom is -0.458 e. The highest BCUT2D eigenvalue weighted by atomic mass is 16.5. The van der Waals surface area contributed by atoms with Gasteiger partial charge in [0.1, 0.15) is 17.4 Å². The highest BCUT2D eigenvalue weighted by molar-refractivity contribution is 5.94. The van der Waals surface area contributed by atoms with Gasteiger partial charge in [-0.1, -0.05) is 5.16 Å². The maximum absolute atomic E-state index is 12.4. The van der Waals surface area contributed by atoms with E-state index in [1.807, 2.05) is 0 Å². The van der Waals surface area contributed by atoms with Crippen molar-refractivity contribution in [1.82, 2.24) is 20.0 Å². The summed E-state index contributed by atoms with van der Waals surface area (Å²) in [6, 6.07) is 2.08. The van der Waals surface area contributed by atoms with E-state index in [-0.39, 0.29) is 12.0 Å². The molecule has 1 fully saturated rings. The van der Waals surface area contributed by atoms with Gasteiger partial charge in [-0.15, -0.1) is 0 Å². The lowest BCUT2D eigenvalue weighted by Gasteiger charge is -2.32. The Hall–Kier alpha value is -2.44. The van der Waals surface area contributed by atoms with Crippen molar-refractivity contribution in [2.45, 2.75) is 25.9 Å². The molecule has 1 aliphatic heterocycles. The zero-order chi connectivity index (χ0) is 14.7. The van der Waals surface area contributed by atoms with Crippen molar-refractivity contribution >= 4 is 5.91 Å². The Bertz CT molecular complexity index is 614. The molecule has 2 aromatic rings. The molecule has 110 valence electrons. The van der Waals surface area contributed by atoms with Crippen LogP contribution >= 0.6 is 0 Å². The number of hydrogen-bond acceptors (Lipinski definition) is 6. The van der Waals surface area contributed by atoms with E-state index in [0.29, 0.717) is 30.4 Å². The van der Waals surface area contributed by atoms with Crippen molar-refractivity contribution in [3.05, 3.63) is 36.0 Å². The molecule has 0 N–H and O–H groups in total. The van der Waals surface area contributed by atoms with E-state index >= 15 is 0 Å². The standard InChI is InChI=1S/C14H16N4O3/c1-10-12(8-17-21-10)13(19)18-7-2-4-11(9-18)20-14-15-5-3-6-16-14/h3,5-6,8,11H,2,4,7,9H2,1H3/t11-/m0/s1. The summed E-state index contributed by atoms with van der Waals surface area (Å²) in [6.07, 6.45) is 6.40. The molecule has 1 atom stereocenters. The molecule has 0 aromatic carbocycles. The quantitative estimate of drug-likeness (QED) is 0.850. The van der Waals surface area contributed by atoms with Crippen LogP contribution in [0.25, 0.3) is 0 Å².